The van der Waals surface area contributed by atoms with Gasteiger partial charge in [0.25, 0.3) is 5.56 Å². The van der Waals surface area contributed by atoms with E-state index in [0.29, 0.717) is 17.3 Å². The van der Waals surface area contributed by atoms with Crippen molar-refractivity contribution in [2.24, 2.45) is 0 Å². The van der Waals surface area contributed by atoms with Crippen LogP contribution in [0, 0.1) is 11.3 Å². The van der Waals surface area contributed by atoms with E-state index in [4.69, 9.17) is 11.6 Å². The number of nitrogens with one attached hydrogen (secondary N) is 1. The van der Waals surface area contributed by atoms with Gasteiger partial charge in [-0.1, -0.05) is 41.9 Å². The SMILES string of the molecule is N#Cc1c(N2CCNCC2)c2cc(Cl)ccc2n(Cc2ccccc2)c1=O. The standard InChI is InChI=1S/C21H19ClN4O/c22-16-6-7-19-17(12-16)20(25-10-8-24-9-11-25)18(13-23)21(27)26(19)14-15-4-2-1-3-5-15/h1-7,12,24H,8-11,14H2. The van der Waals surface area contributed by atoms with Crippen LogP contribution in [0.5, 0.6) is 0 Å². The second-order valence-electron chi connectivity index (χ2n) is 6.61. The number of halogens is 1. The zero-order valence-electron chi connectivity index (χ0n) is 14.8. The van der Waals surface area contributed by atoms with Crippen LogP contribution in [0.1, 0.15) is 11.1 Å². The van der Waals surface area contributed by atoms with Gasteiger partial charge in [0.15, 0.2) is 0 Å². The fourth-order valence-electron chi connectivity index (χ4n) is 3.65. The van der Waals surface area contributed by atoms with Crippen molar-refractivity contribution < 1.29 is 0 Å². The molecular weight excluding hydrogens is 360 g/mol. The van der Waals surface area contributed by atoms with E-state index < -0.39 is 0 Å². The molecule has 2 aromatic carbocycles. The highest BCUT2D eigenvalue weighted by atomic mass is 35.5. The highest BCUT2D eigenvalue weighted by Gasteiger charge is 2.23. The number of rotatable bonds is 3. The Kier molecular flexibility index (Phi) is 4.85. The van der Waals surface area contributed by atoms with Crippen LogP contribution in [0.3, 0.4) is 0 Å². The first kappa shape index (κ1) is 17.6. The van der Waals surface area contributed by atoms with Gasteiger partial charge in [0, 0.05) is 36.6 Å². The number of hydrogen-bond acceptors (Lipinski definition) is 4. The fraction of sp³-hybridized carbons (Fsp3) is 0.238. The van der Waals surface area contributed by atoms with Crippen molar-refractivity contribution in [2.75, 3.05) is 31.1 Å². The van der Waals surface area contributed by atoms with Crippen LogP contribution in [0.4, 0.5) is 5.69 Å². The predicted octanol–water partition coefficient (Wildman–Crippen LogP) is 2.98. The van der Waals surface area contributed by atoms with E-state index in [-0.39, 0.29) is 11.1 Å². The molecule has 1 fully saturated rings. The molecule has 0 aliphatic carbocycles. The van der Waals surface area contributed by atoms with Crippen molar-refractivity contribution in [1.82, 2.24) is 9.88 Å². The van der Waals surface area contributed by atoms with E-state index in [1.807, 2.05) is 42.5 Å². The molecule has 0 amide bonds. The normalized spacial score (nSPS) is 14.3. The molecule has 1 saturated heterocycles. The lowest BCUT2D eigenvalue weighted by atomic mass is 10.1. The lowest BCUT2D eigenvalue weighted by Gasteiger charge is -2.31. The molecule has 1 N–H and O–H groups in total. The molecule has 0 radical (unpaired) electrons. The summed E-state index contributed by atoms with van der Waals surface area (Å²) in [5, 5.41) is 14.6. The summed E-state index contributed by atoms with van der Waals surface area (Å²) in [6, 6.07) is 17.5. The van der Waals surface area contributed by atoms with Gasteiger partial charge in [0.2, 0.25) is 0 Å². The Morgan fingerprint density at radius 3 is 2.56 bits per heavy atom. The third kappa shape index (κ3) is 3.30. The number of fused-ring (bicyclic) bond motifs is 1. The molecule has 0 bridgehead atoms. The van der Waals surface area contributed by atoms with Crippen LogP contribution < -0.4 is 15.8 Å². The summed E-state index contributed by atoms with van der Waals surface area (Å²) in [5.41, 5.74) is 2.42. The second kappa shape index (κ2) is 7.43. The molecule has 3 aromatic rings. The molecule has 0 spiro atoms. The summed E-state index contributed by atoms with van der Waals surface area (Å²) in [4.78, 5) is 15.3. The third-order valence-electron chi connectivity index (χ3n) is 4.93. The first-order valence-corrected chi connectivity index (χ1v) is 9.32. The number of aromatic nitrogens is 1. The van der Waals surface area contributed by atoms with E-state index in [1.165, 1.54) is 0 Å². The van der Waals surface area contributed by atoms with Crippen LogP contribution in [-0.2, 0) is 6.54 Å². The Hall–Kier alpha value is -2.81. The van der Waals surface area contributed by atoms with Crippen LogP contribution in [0.15, 0.2) is 53.3 Å². The summed E-state index contributed by atoms with van der Waals surface area (Å²) < 4.78 is 1.67. The average molecular weight is 379 g/mol. The summed E-state index contributed by atoms with van der Waals surface area (Å²) in [6.45, 7) is 3.55. The number of nitriles is 1. The highest BCUT2D eigenvalue weighted by molar-refractivity contribution is 6.31. The summed E-state index contributed by atoms with van der Waals surface area (Å²) in [5.74, 6) is 0. The quantitative estimate of drug-likeness (QED) is 0.761. The van der Waals surface area contributed by atoms with E-state index in [9.17, 15) is 10.1 Å². The van der Waals surface area contributed by atoms with Crippen molar-refractivity contribution >= 4 is 28.2 Å². The van der Waals surface area contributed by atoms with E-state index in [2.05, 4.69) is 16.3 Å². The minimum Gasteiger partial charge on any atom is -0.367 e. The Morgan fingerprint density at radius 1 is 1.11 bits per heavy atom. The van der Waals surface area contributed by atoms with E-state index >= 15 is 0 Å². The number of nitrogens with zero attached hydrogens (tertiary/aromatic N) is 3. The Balaban J connectivity index is 1.99. The van der Waals surface area contributed by atoms with Gasteiger partial charge in [0.05, 0.1) is 17.7 Å². The van der Waals surface area contributed by atoms with Gasteiger partial charge in [-0.25, -0.2) is 0 Å². The van der Waals surface area contributed by atoms with E-state index in [1.54, 1.807) is 10.6 Å². The smallest absolute Gasteiger partial charge is 0.271 e. The molecule has 0 saturated carbocycles. The monoisotopic (exact) mass is 378 g/mol. The van der Waals surface area contributed by atoms with Crippen molar-refractivity contribution in [3.63, 3.8) is 0 Å². The molecule has 6 heteroatoms. The predicted molar refractivity (Wildman–Crippen MR) is 109 cm³/mol. The summed E-state index contributed by atoms with van der Waals surface area (Å²) in [6.07, 6.45) is 0. The van der Waals surface area contributed by atoms with Gasteiger partial charge in [-0.2, -0.15) is 5.26 Å². The molecule has 1 aliphatic rings. The molecule has 1 aromatic heterocycles. The van der Waals surface area contributed by atoms with Crippen molar-refractivity contribution in [3.05, 3.63) is 75.0 Å². The summed E-state index contributed by atoms with van der Waals surface area (Å²) >= 11 is 6.28. The first-order valence-electron chi connectivity index (χ1n) is 8.95. The van der Waals surface area contributed by atoms with Gasteiger partial charge >= 0.3 is 0 Å². The number of benzene rings is 2. The number of piperazine rings is 1. The van der Waals surface area contributed by atoms with Crippen LogP contribution in [0.2, 0.25) is 5.02 Å². The zero-order valence-corrected chi connectivity index (χ0v) is 15.5. The fourth-order valence-corrected chi connectivity index (χ4v) is 3.83. The molecule has 4 rings (SSSR count). The van der Waals surface area contributed by atoms with Crippen molar-refractivity contribution in [2.45, 2.75) is 6.54 Å². The van der Waals surface area contributed by atoms with Gasteiger partial charge in [-0.15, -0.1) is 0 Å². The topological polar surface area (TPSA) is 61.1 Å². The molecule has 2 heterocycles. The van der Waals surface area contributed by atoms with Crippen LogP contribution >= 0.6 is 11.6 Å². The van der Waals surface area contributed by atoms with E-state index in [0.717, 1.165) is 42.6 Å². The second-order valence-corrected chi connectivity index (χ2v) is 7.05. The van der Waals surface area contributed by atoms with Gasteiger partial charge in [-0.3, -0.25) is 4.79 Å². The number of pyridine rings is 1. The van der Waals surface area contributed by atoms with Gasteiger partial charge in [-0.05, 0) is 23.8 Å². The largest absolute Gasteiger partial charge is 0.367 e. The molecule has 0 atom stereocenters. The maximum atomic E-state index is 13.2. The Bertz CT molecular complexity index is 1080. The van der Waals surface area contributed by atoms with Crippen LogP contribution in [-0.4, -0.2) is 30.7 Å². The lowest BCUT2D eigenvalue weighted by Crippen LogP contribution is -2.44. The van der Waals surface area contributed by atoms with Crippen molar-refractivity contribution in [3.8, 4) is 6.07 Å². The van der Waals surface area contributed by atoms with Gasteiger partial charge in [0.1, 0.15) is 11.6 Å². The molecule has 136 valence electrons. The Morgan fingerprint density at radius 2 is 1.85 bits per heavy atom. The molecule has 27 heavy (non-hydrogen) atoms. The highest BCUT2D eigenvalue weighted by Crippen LogP contribution is 2.31. The third-order valence-corrected chi connectivity index (χ3v) is 5.16. The maximum absolute atomic E-state index is 13.2. The molecule has 1 aliphatic heterocycles. The van der Waals surface area contributed by atoms with Crippen molar-refractivity contribution in [1.29, 1.82) is 5.26 Å². The number of hydrogen-bond donors (Lipinski definition) is 1. The average Bonchev–Trinajstić information content (AvgIpc) is 2.71. The minimum absolute atomic E-state index is 0.183. The van der Waals surface area contributed by atoms with Gasteiger partial charge < -0.3 is 14.8 Å². The summed E-state index contributed by atoms with van der Waals surface area (Å²) in [7, 11) is 0. The number of anilines is 1. The molecular formula is C21H19ClN4O. The Labute approximate surface area is 162 Å². The minimum atomic E-state index is -0.260. The van der Waals surface area contributed by atoms with Crippen LogP contribution in [0.25, 0.3) is 10.9 Å². The molecule has 0 unspecified atom stereocenters. The first-order chi connectivity index (χ1) is 13.2. The maximum Gasteiger partial charge on any atom is 0.271 e. The lowest BCUT2D eigenvalue weighted by molar-refractivity contribution is 0.589. The zero-order chi connectivity index (χ0) is 18.8. The molecule has 5 nitrogen and oxygen atoms in total.